The number of hydrogen-bond donors (Lipinski definition) is 2. The zero-order valence-corrected chi connectivity index (χ0v) is 15.1. The predicted molar refractivity (Wildman–Crippen MR) is 97.6 cm³/mol. The largest absolute Gasteiger partial charge is 0.418 e. The summed E-state index contributed by atoms with van der Waals surface area (Å²) in [5, 5.41) is 9.74. The number of carbonyl (C=O) groups excluding carboxylic acids is 1. The number of benzene rings is 2. The van der Waals surface area contributed by atoms with E-state index in [1.54, 1.807) is 24.3 Å². The number of carbonyl (C=O) groups is 1. The van der Waals surface area contributed by atoms with Gasteiger partial charge in [-0.1, -0.05) is 47.6 Å². The maximum atomic E-state index is 13.0. The van der Waals surface area contributed by atoms with Gasteiger partial charge in [-0.05, 0) is 24.3 Å². The van der Waals surface area contributed by atoms with Crippen LogP contribution in [-0.4, -0.2) is 26.8 Å². The molecule has 3 aromatic rings. The van der Waals surface area contributed by atoms with E-state index in [0.717, 1.165) is 17.8 Å². The molecule has 0 bridgehead atoms. The average molecular weight is 413 g/mol. The van der Waals surface area contributed by atoms with Crippen molar-refractivity contribution in [1.82, 2.24) is 15.2 Å². The Kier molecular flexibility index (Phi) is 5.71. The van der Waals surface area contributed by atoms with E-state index in [0.29, 0.717) is 16.4 Å². The number of anilines is 1. The molecule has 0 saturated carbocycles. The van der Waals surface area contributed by atoms with Crippen LogP contribution in [0.1, 0.15) is 5.56 Å². The minimum atomic E-state index is -4.55. The Morgan fingerprint density at radius 3 is 2.59 bits per heavy atom. The fourth-order valence-electron chi connectivity index (χ4n) is 2.24. The SMILES string of the molecule is O=C(CSc1n[nH]c(-c2ccccc2Cl)n1)Nc1ccccc1C(F)(F)F. The van der Waals surface area contributed by atoms with Crippen LogP contribution in [0, 0.1) is 0 Å². The Bertz CT molecular complexity index is 961. The summed E-state index contributed by atoms with van der Waals surface area (Å²) in [6, 6.07) is 11.8. The van der Waals surface area contributed by atoms with Crippen LogP contribution >= 0.6 is 23.4 Å². The fourth-order valence-corrected chi connectivity index (χ4v) is 3.06. The standard InChI is InChI=1S/C17H12ClF3N4OS/c18-12-7-3-1-5-10(12)15-23-16(25-24-15)27-9-14(26)22-13-8-4-2-6-11(13)17(19,20)21/h1-8H,9H2,(H,22,26)(H,23,24,25). The molecule has 10 heteroatoms. The van der Waals surface area contributed by atoms with Crippen LogP contribution in [0.5, 0.6) is 0 Å². The van der Waals surface area contributed by atoms with Gasteiger partial charge < -0.3 is 5.32 Å². The van der Waals surface area contributed by atoms with Crippen molar-refractivity contribution in [1.29, 1.82) is 0 Å². The van der Waals surface area contributed by atoms with E-state index < -0.39 is 17.6 Å². The van der Waals surface area contributed by atoms with E-state index in [4.69, 9.17) is 11.6 Å². The van der Waals surface area contributed by atoms with Gasteiger partial charge in [0.05, 0.1) is 22.0 Å². The number of thioether (sulfide) groups is 1. The molecule has 3 rings (SSSR count). The molecule has 0 atom stereocenters. The zero-order chi connectivity index (χ0) is 19.4. The Balaban J connectivity index is 1.64. The van der Waals surface area contributed by atoms with Crippen LogP contribution in [0.15, 0.2) is 53.7 Å². The van der Waals surface area contributed by atoms with Crippen LogP contribution in [-0.2, 0) is 11.0 Å². The van der Waals surface area contributed by atoms with Gasteiger partial charge in [0.25, 0.3) is 0 Å². The maximum absolute atomic E-state index is 13.0. The first-order valence-corrected chi connectivity index (χ1v) is 8.97. The van der Waals surface area contributed by atoms with E-state index in [1.165, 1.54) is 18.2 Å². The van der Waals surface area contributed by atoms with Crippen molar-refractivity contribution >= 4 is 35.0 Å². The highest BCUT2D eigenvalue weighted by molar-refractivity contribution is 7.99. The van der Waals surface area contributed by atoms with Gasteiger partial charge in [0, 0.05) is 5.56 Å². The van der Waals surface area contributed by atoms with Gasteiger partial charge in [-0.25, -0.2) is 4.98 Å². The molecular formula is C17H12ClF3N4OS. The van der Waals surface area contributed by atoms with Crippen molar-refractivity contribution in [3.63, 3.8) is 0 Å². The van der Waals surface area contributed by atoms with Gasteiger partial charge in [0.15, 0.2) is 5.82 Å². The summed E-state index contributed by atoms with van der Waals surface area (Å²) >= 11 is 7.08. The van der Waals surface area contributed by atoms with Gasteiger partial charge in [0.2, 0.25) is 11.1 Å². The molecule has 1 aromatic heterocycles. The summed E-state index contributed by atoms with van der Waals surface area (Å²) in [6.07, 6.45) is -4.55. The molecule has 0 aliphatic heterocycles. The third-order valence-corrected chi connectivity index (χ3v) is 4.61. The lowest BCUT2D eigenvalue weighted by Gasteiger charge is -2.13. The fraction of sp³-hybridized carbons (Fsp3) is 0.118. The molecule has 0 fully saturated rings. The number of rotatable bonds is 5. The second-order valence-electron chi connectivity index (χ2n) is 5.33. The van der Waals surface area contributed by atoms with E-state index in [9.17, 15) is 18.0 Å². The first-order valence-electron chi connectivity index (χ1n) is 7.61. The first kappa shape index (κ1) is 19.2. The number of nitrogens with one attached hydrogen (secondary N) is 2. The third-order valence-electron chi connectivity index (χ3n) is 3.43. The molecule has 0 saturated heterocycles. The predicted octanol–water partition coefficient (Wildman–Crippen LogP) is 4.87. The van der Waals surface area contributed by atoms with Crippen LogP contribution in [0.2, 0.25) is 5.02 Å². The lowest BCUT2D eigenvalue weighted by Crippen LogP contribution is -2.18. The molecule has 2 aromatic carbocycles. The smallest absolute Gasteiger partial charge is 0.325 e. The number of H-pyrrole nitrogens is 1. The van der Waals surface area contributed by atoms with Crippen LogP contribution in [0.3, 0.4) is 0 Å². The second kappa shape index (κ2) is 8.01. The normalized spacial score (nSPS) is 11.4. The van der Waals surface area contributed by atoms with Gasteiger partial charge in [0.1, 0.15) is 0 Å². The van der Waals surface area contributed by atoms with Crippen molar-refractivity contribution in [3.8, 4) is 11.4 Å². The maximum Gasteiger partial charge on any atom is 0.418 e. The van der Waals surface area contributed by atoms with Crippen molar-refractivity contribution in [2.75, 3.05) is 11.1 Å². The molecule has 5 nitrogen and oxygen atoms in total. The Labute approximate surface area is 161 Å². The zero-order valence-electron chi connectivity index (χ0n) is 13.5. The highest BCUT2D eigenvalue weighted by Crippen LogP contribution is 2.34. The number of halogens is 4. The summed E-state index contributed by atoms with van der Waals surface area (Å²) < 4.78 is 38.9. The Morgan fingerprint density at radius 2 is 1.85 bits per heavy atom. The number of aromatic amines is 1. The van der Waals surface area contributed by atoms with Crippen molar-refractivity contribution in [2.24, 2.45) is 0 Å². The molecule has 1 amide bonds. The monoisotopic (exact) mass is 412 g/mol. The minimum absolute atomic E-state index is 0.147. The highest BCUT2D eigenvalue weighted by atomic mass is 35.5. The first-order chi connectivity index (χ1) is 12.8. The number of amides is 1. The van der Waals surface area contributed by atoms with Gasteiger partial charge in [-0.3, -0.25) is 9.89 Å². The third kappa shape index (κ3) is 4.81. The summed E-state index contributed by atoms with van der Waals surface area (Å²) in [4.78, 5) is 16.2. The van der Waals surface area contributed by atoms with Gasteiger partial charge in [-0.15, -0.1) is 5.10 Å². The Hall–Kier alpha value is -2.52. The van der Waals surface area contributed by atoms with E-state index in [2.05, 4.69) is 20.5 Å². The number of para-hydroxylation sites is 1. The molecule has 2 N–H and O–H groups in total. The summed E-state index contributed by atoms with van der Waals surface area (Å²) in [7, 11) is 0. The number of alkyl halides is 3. The summed E-state index contributed by atoms with van der Waals surface area (Å²) in [5.41, 5.74) is -0.535. The lowest BCUT2D eigenvalue weighted by atomic mass is 10.1. The van der Waals surface area contributed by atoms with E-state index in [1.807, 2.05) is 0 Å². The van der Waals surface area contributed by atoms with E-state index >= 15 is 0 Å². The summed E-state index contributed by atoms with van der Waals surface area (Å²) in [6.45, 7) is 0. The molecule has 0 radical (unpaired) electrons. The highest BCUT2D eigenvalue weighted by Gasteiger charge is 2.33. The van der Waals surface area contributed by atoms with Crippen molar-refractivity contribution in [3.05, 3.63) is 59.1 Å². The molecule has 140 valence electrons. The summed E-state index contributed by atoms with van der Waals surface area (Å²) in [5.74, 6) is -0.307. The average Bonchev–Trinajstić information content (AvgIpc) is 3.09. The topological polar surface area (TPSA) is 70.7 Å². The molecule has 0 aliphatic carbocycles. The minimum Gasteiger partial charge on any atom is -0.325 e. The van der Waals surface area contributed by atoms with E-state index in [-0.39, 0.29) is 16.6 Å². The molecule has 1 heterocycles. The van der Waals surface area contributed by atoms with Crippen LogP contribution < -0.4 is 5.32 Å². The number of aromatic nitrogens is 3. The molecule has 27 heavy (non-hydrogen) atoms. The second-order valence-corrected chi connectivity index (χ2v) is 6.68. The number of nitrogens with zero attached hydrogens (tertiary/aromatic N) is 2. The van der Waals surface area contributed by atoms with Crippen molar-refractivity contribution < 1.29 is 18.0 Å². The molecule has 0 aliphatic rings. The lowest BCUT2D eigenvalue weighted by molar-refractivity contribution is -0.137. The molecule has 0 spiro atoms. The number of hydrogen-bond acceptors (Lipinski definition) is 4. The van der Waals surface area contributed by atoms with Crippen molar-refractivity contribution in [2.45, 2.75) is 11.3 Å². The van der Waals surface area contributed by atoms with Gasteiger partial charge >= 0.3 is 6.18 Å². The van der Waals surface area contributed by atoms with Gasteiger partial charge in [-0.2, -0.15) is 13.2 Å². The van der Waals surface area contributed by atoms with Crippen LogP contribution in [0.4, 0.5) is 18.9 Å². The molecule has 0 unspecified atom stereocenters. The van der Waals surface area contributed by atoms with Crippen LogP contribution in [0.25, 0.3) is 11.4 Å². The quantitative estimate of drug-likeness (QED) is 0.586. The Morgan fingerprint density at radius 1 is 1.15 bits per heavy atom. The molecular weight excluding hydrogens is 401 g/mol.